The van der Waals surface area contributed by atoms with E-state index in [0.29, 0.717) is 29.6 Å². The predicted molar refractivity (Wildman–Crippen MR) is 174 cm³/mol. The molecule has 0 N–H and O–H groups in total. The first-order chi connectivity index (χ1) is 22.1. The lowest BCUT2D eigenvalue weighted by atomic mass is 9.94. The summed E-state index contributed by atoms with van der Waals surface area (Å²) in [6.45, 7) is 3.96. The summed E-state index contributed by atoms with van der Waals surface area (Å²) in [5, 5.41) is 1.74. The molecule has 0 aliphatic heterocycles. The van der Waals surface area contributed by atoms with Crippen molar-refractivity contribution in [2.75, 3.05) is 0 Å². The highest BCUT2D eigenvalue weighted by molar-refractivity contribution is 5.95. The van der Waals surface area contributed by atoms with Crippen molar-refractivity contribution in [2.24, 2.45) is 5.92 Å². The van der Waals surface area contributed by atoms with Gasteiger partial charge in [-0.2, -0.15) is 13.2 Å². The Morgan fingerprint density at radius 1 is 0.761 bits per heavy atom. The van der Waals surface area contributed by atoms with Gasteiger partial charge in [-0.25, -0.2) is 8.78 Å². The van der Waals surface area contributed by atoms with Gasteiger partial charge in [0.1, 0.15) is 17.2 Å². The van der Waals surface area contributed by atoms with Gasteiger partial charge >= 0.3 is 6.18 Å². The van der Waals surface area contributed by atoms with E-state index >= 15 is 13.2 Å². The van der Waals surface area contributed by atoms with Crippen LogP contribution in [0.5, 0.6) is 0 Å². The molecule has 2 aliphatic carbocycles. The number of hydrogen-bond acceptors (Lipinski definition) is 0. The molecule has 0 saturated heterocycles. The van der Waals surface area contributed by atoms with E-state index in [9.17, 15) is 8.78 Å². The van der Waals surface area contributed by atoms with Crippen LogP contribution in [0.25, 0.3) is 56.5 Å². The molecule has 0 amide bonds. The highest BCUT2D eigenvalue weighted by Crippen LogP contribution is 2.47. The summed E-state index contributed by atoms with van der Waals surface area (Å²) in [5.41, 5.74) is 5.00. The van der Waals surface area contributed by atoms with Gasteiger partial charge in [-0.3, -0.25) is 0 Å². The molecule has 230 valence electrons. The maximum absolute atomic E-state index is 15.8. The number of fused-ring (bicyclic) bond motifs is 6. The summed E-state index contributed by atoms with van der Waals surface area (Å²) in [6.07, 6.45) is 5.18. The van der Waals surface area contributed by atoms with E-state index in [1.807, 2.05) is 74.5 Å². The van der Waals surface area contributed by atoms with E-state index < -0.39 is 23.4 Å². The Labute approximate surface area is 262 Å². The maximum Gasteiger partial charge on any atom is 0.420 e. The van der Waals surface area contributed by atoms with Crippen molar-refractivity contribution in [3.63, 3.8) is 0 Å². The van der Waals surface area contributed by atoms with Crippen molar-refractivity contribution in [3.05, 3.63) is 130 Å². The molecule has 2 heterocycles. The number of aromatic nitrogens is 2. The largest absolute Gasteiger partial charge is 0.420 e. The minimum Gasteiger partial charge on any atom is -0.312 e. The molecule has 7 heteroatoms. The van der Waals surface area contributed by atoms with E-state index in [1.54, 1.807) is 9.13 Å². The second-order valence-electron chi connectivity index (χ2n) is 12.5. The molecule has 46 heavy (non-hydrogen) atoms. The van der Waals surface area contributed by atoms with Crippen molar-refractivity contribution in [3.8, 4) is 22.5 Å². The van der Waals surface area contributed by atoms with Crippen molar-refractivity contribution in [1.29, 1.82) is 0 Å². The van der Waals surface area contributed by atoms with Gasteiger partial charge in [0, 0.05) is 33.8 Å². The first kappa shape index (κ1) is 28.6. The summed E-state index contributed by atoms with van der Waals surface area (Å²) in [7, 11) is 0. The van der Waals surface area contributed by atoms with Gasteiger partial charge in [0.05, 0.1) is 22.4 Å². The fraction of sp³-hybridized carbons (Fsp3) is 0.179. The van der Waals surface area contributed by atoms with Crippen LogP contribution in [0.15, 0.2) is 84.9 Å². The monoisotopic (exact) mass is 620 g/mol. The predicted octanol–water partition coefficient (Wildman–Crippen LogP) is 11.0. The van der Waals surface area contributed by atoms with Crippen molar-refractivity contribution in [2.45, 2.75) is 39.3 Å². The standard InChI is InChI=1S/C39H29F5N2/c1-22-11-13-30-28-7-3-5-9-32(28)45(34(30)15-22)36-19-25(24-17-26(40)21-27(41)18-24)20-37(38(36)39(42,43)44)46-33-10-6-4-8-29(33)31-14-12-23(2)16-35(31)46/h3,5-7,9-14,16-22H,4,8,15H2,1-2H3. The summed E-state index contributed by atoms with van der Waals surface area (Å²) >= 11 is 0. The molecule has 0 bridgehead atoms. The van der Waals surface area contributed by atoms with Crippen molar-refractivity contribution >= 4 is 34.0 Å². The number of rotatable bonds is 3. The summed E-state index contributed by atoms with van der Waals surface area (Å²) in [5.74, 6) is -1.50. The Bertz CT molecular complexity index is 2260. The quantitative estimate of drug-likeness (QED) is 0.174. The Balaban J connectivity index is 1.58. The fourth-order valence-electron chi connectivity index (χ4n) is 7.36. The molecule has 2 aliphatic rings. The van der Waals surface area contributed by atoms with E-state index in [1.165, 1.54) is 24.3 Å². The zero-order valence-corrected chi connectivity index (χ0v) is 25.2. The van der Waals surface area contributed by atoms with Crippen LogP contribution in [0.1, 0.15) is 47.0 Å². The Kier molecular flexibility index (Phi) is 6.40. The second-order valence-corrected chi connectivity index (χ2v) is 12.5. The fourth-order valence-corrected chi connectivity index (χ4v) is 7.36. The number of allylic oxidation sites excluding steroid dienone is 2. The Morgan fingerprint density at radius 2 is 1.48 bits per heavy atom. The van der Waals surface area contributed by atoms with E-state index in [-0.39, 0.29) is 28.4 Å². The van der Waals surface area contributed by atoms with Gasteiger partial charge in [0.2, 0.25) is 0 Å². The van der Waals surface area contributed by atoms with E-state index in [0.717, 1.165) is 45.6 Å². The normalized spacial score (nSPS) is 15.9. The minimum atomic E-state index is -4.78. The molecule has 0 radical (unpaired) electrons. The topological polar surface area (TPSA) is 9.86 Å². The van der Waals surface area contributed by atoms with Gasteiger partial charge in [0.15, 0.2) is 0 Å². The molecule has 0 fully saturated rings. The summed E-state index contributed by atoms with van der Waals surface area (Å²) < 4.78 is 80.1. The second kappa shape index (κ2) is 10.3. The summed E-state index contributed by atoms with van der Waals surface area (Å²) in [4.78, 5) is 0. The Morgan fingerprint density at radius 3 is 2.24 bits per heavy atom. The molecule has 2 nitrogen and oxygen atoms in total. The highest BCUT2D eigenvalue weighted by atomic mass is 19.4. The minimum absolute atomic E-state index is 0.0762. The number of halogens is 5. The zero-order valence-electron chi connectivity index (χ0n) is 25.2. The van der Waals surface area contributed by atoms with Crippen molar-refractivity contribution in [1.82, 2.24) is 9.13 Å². The molecule has 0 saturated carbocycles. The molecule has 0 spiro atoms. The van der Waals surface area contributed by atoms with E-state index in [4.69, 9.17) is 0 Å². The van der Waals surface area contributed by atoms with Crippen molar-refractivity contribution < 1.29 is 22.0 Å². The van der Waals surface area contributed by atoms with Crippen LogP contribution in [0.4, 0.5) is 22.0 Å². The molecule has 6 aromatic rings. The lowest BCUT2D eigenvalue weighted by molar-refractivity contribution is -0.137. The van der Waals surface area contributed by atoms with Crippen LogP contribution in [0, 0.1) is 24.5 Å². The van der Waals surface area contributed by atoms with Crippen LogP contribution in [0.2, 0.25) is 0 Å². The molecular formula is C39H29F5N2. The Hall–Kier alpha value is -4.91. The maximum atomic E-state index is 15.8. The smallest absolute Gasteiger partial charge is 0.312 e. The molecule has 1 atom stereocenters. The average molecular weight is 621 g/mol. The number of aryl methyl sites for hydroxylation is 2. The first-order valence-corrected chi connectivity index (χ1v) is 15.4. The SMILES string of the molecule is Cc1ccc2c3c(n(-c4cc(-c5cc(F)cc(F)c5)cc(-n5c6c(c7ccccc75)C=CC(C)C6)c4C(F)(F)F)c2c1)C=CCC3. The molecular weight excluding hydrogens is 591 g/mol. The third kappa shape index (κ3) is 4.43. The molecule has 1 unspecified atom stereocenters. The van der Waals surface area contributed by atoms with Crippen LogP contribution in [-0.4, -0.2) is 9.13 Å². The first-order valence-electron chi connectivity index (χ1n) is 15.4. The van der Waals surface area contributed by atoms with Gasteiger partial charge in [0.25, 0.3) is 0 Å². The number of para-hydroxylation sites is 1. The number of hydrogen-bond donors (Lipinski definition) is 0. The van der Waals surface area contributed by atoms with Gasteiger partial charge < -0.3 is 9.13 Å². The van der Waals surface area contributed by atoms with Crippen LogP contribution in [0.3, 0.4) is 0 Å². The van der Waals surface area contributed by atoms with Crippen LogP contribution in [-0.2, 0) is 19.0 Å². The number of nitrogens with zero attached hydrogens (tertiary/aromatic N) is 2. The van der Waals surface area contributed by atoms with Crippen LogP contribution < -0.4 is 0 Å². The third-order valence-electron chi connectivity index (χ3n) is 9.29. The molecule has 4 aromatic carbocycles. The lowest BCUT2D eigenvalue weighted by Gasteiger charge is -2.25. The highest BCUT2D eigenvalue weighted by Gasteiger charge is 2.40. The molecule has 8 rings (SSSR count). The molecule has 2 aromatic heterocycles. The number of alkyl halides is 3. The van der Waals surface area contributed by atoms with Gasteiger partial charge in [-0.15, -0.1) is 0 Å². The number of benzene rings is 4. The van der Waals surface area contributed by atoms with Crippen LogP contribution >= 0.6 is 0 Å². The summed E-state index contributed by atoms with van der Waals surface area (Å²) in [6, 6.07) is 19.3. The average Bonchev–Trinajstić information content (AvgIpc) is 3.51. The zero-order chi connectivity index (χ0) is 31.9. The third-order valence-corrected chi connectivity index (χ3v) is 9.29. The van der Waals surface area contributed by atoms with E-state index in [2.05, 4.69) is 6.08 Å². The van der Waals surface area contributed by atoms with Gasteiger partial charge in [-0.1, -0.05) is 55.5 Å². The van der Waals surface area contributed by atoms with Gasteiger partial charge in [-0.05, 0) is 96.8 Å². The lowest BCUT2D eigenvalue weighted by Crippen LogP contribution is -2.18.